The third-order valence-corrected chi connectivity index (χ3v) is 2.85. The summed E-state index contributed by atoms with van der Waals surface area (Å²) in [6.07, 6.45) is 0.902. The van der Waals surface area contributed by atoms with Crippen molar-refractivity contribution in [3.8, 4) is 5.75 Å². The largest absolute Gasteiger partial charge is 0.497 e. The Morgan fingerprint density at radius 1 is 1.50 bits per heavy atom. The summed E-state index contributed by atoms with van der Waals surface area (Å²) in [6.45, 7) is 3.19. The molecule has 1 aromatic rings. The van der Waals surface area contributed by atoms with Crippen molar-refractivity contribution in [2.24, 2.45) is 0 Å². The van der Waals surface area contributed by atoms with E-state index in [-0.39, 0.29) is 11.2 Å². The summed E-state index contributed by atoms with van der Waals surface area (Å²) in [5.41, 5.74) is 0.626. The predicted octanol–water partition coefficient (Wildman–Crippen LogP) is 2.94. The van der Waals surface area contributed by atoms with Crippen LogP contribution in [0.15, 0.2) is 18.2 Å². The summed E-state index contributed by atoms with van der Waals surface area (Å²) in [7, 11) is 1.52. The molecule has 90 valence electrons. The quantitative estimate of drug-likeness (QED) is 0.778. The molecule has 0 bridgehead atoms. The van der Waals surface area contributed by atoms with E-state index < -0.39 is 0 Å². The highest BCUT2D eigenvalue weighted by Gasteiger charge is 2.05. The third-order valence-electron chi connectivity index (χ3n) is 2.38. The minimum absolute atomic E-state index is 0.0984. The summed E-state index contributed by atoms with van der Waals surface area (Å²) in [5.74, 6) is 0.277. The van der Waals surface area contributed by atoms with Crippen molar-refractivity contribution in [3.05, 3.63) is 29.6 Å². The van der Waals surface area contributed by atoms with Crippen LogP contribution in [0, 0.1) is 5.82 Å². The molecule has 0 radical (unpaired) electrons. The molecule has 1 atom stereocenters. The highest BCUT2D eigenvalue weighted by Crippen LogP contribution is 2.16. The van der Waals surface area contributed by atoms with E-state index >= 15 is 0 Å². The molecular formula is C12H17ClFNO. The Hall–Kier alpha value is -0.800. The van der Waals surface area contributed by atoms with Crippen LogP contribution < -0.4 is 10.1 Å². The van der Waals surface area contributed by atoms with Crippen LogP contribution in [0.5, 0.6) is 5.75 Å². The van der Waals surface area contributed by atoms with E-state index in [0.717, 1.165) is 6.42 Å². The first-order valence-electron chi connectivity index (χ1n) is 5.34. The van der Waals surface area contributed by atoms with Gasteiger partial charge in [-0.25, -0.2) is 4.39 Å². The molecule has 0 aliphatic heterocycles. The molecule has 1 aromatic carbocycles. The van der Waals surface area contributed by atoms with Gasteiger partial charge in [0.2, 0.25) is 0 Å². The van der Waals surface area contributed by atoms with Crippen LogP contribution >= 0.6 is 11.6 Å². The second kappa shape index (κ2) is 6.71. The molecule has 0 aliphatic rings. The molecule has 0 spiro atoms. The zero-order chi connectivity index (χ0) is 12.0. The number of benzene rings is 1. The fourth-order valence-electron chi connectivity index (χ4n) is 1.31. The van der Waals surface area contributed by atoms with E-state index in [0.29, 0.717) is 24.4 Å². The van der Waals surface area contributed by atoms with Crippen molar-refractivity contribution < 1.29 is 9.13 Å². The van der Waals surface area contributed by atoms with E-state index in [9.17, 15) is 4.39 Å². The van der Waals surface area contributed by atoms with Gasteiger partial charge in [-0.05, 0) is 12.5 Å². The van der Waals surface area contributed by atoms with Crippen LogP contribution in [0.2, 0.25) is 0 Å². The topological polar surface area (TPSA) is 21.3 Å². The van der Waals surface area contributed by atoms with Gasteiger partial charge in [0, 0.05) is 30.1 Å². The fraction of sp³-hybridized carbons (Fsp3) is 0.500. The van der Waals surface area contributed by atoms with Crippen LogP contribution in [0.1, 0.15) is 18.9 Å². The van der Waals surface area contributed by atoms with Crippen molar-refractivity contribution in [1.29, 1.82) is 0 Å². The molecule has 0 saturated heterocycles. The number of alkyl halides is 1. The van der Waals surface area contributed by atoms with Gasteiger partial charge < -0.3 is 10.1 Å². The zero-order valence-electron chi connectivity index (χ0n) is 9.59. The molecule has 0 heterocycles. The monoisotopic (exact) mass is 245 g/mol. The lowest BCUT2D eigenvalue weighted by atomic mass is 10.2. The van der Waals surface area contributed by atoms with E-state index in [4.69, 9.17) is 16.3 Å². The van der Waals surface area contributed by atoms with Crippen LogP contribution in [0.4, 0.5) is 4.39 Å². The Kier molecular flexibility index (Phi) is 5.56. The maximum absolute atomic E-state index is 13.5. The Labute approximate surface area is 101 Å². The summed E-state index contributed by atoms with van der Waals surface area (Å²) in [5, 5.41) is 3.22. The lowest BCUT2D eigenvalue weighted by molar-refractivity contribution is 0.410. The molecule has 0 fully saturated rings. The lowest BCUT2D eigenvalue weighted by Gasteiger charge is -2.09. The highest BCUT2D eigenvalue weighted by atomic mass is 35.5. The van der Waals surface area contributed by atoms with Crippen LogP contribution in [0.25, 0.3) is 0 Å². The Balaban J connectivity index is 2.48. The first-order chi connectivity index (χ1) is 7.67. The average molecular weight is 246 g/mol. The molecule has 0 amide bonds. The summed E-state index contributed by atoms with van der Waals surface area (Å²) >= 11 is 5.94. The summed E-state index contributed by atoms with van der Waals surface area (Å²) in [4.78, 5) is 0. The van der Waals surface area contributed by atoms with E-state index in [1.54, 1.807) is 12.1 Å². The minimum Gasteiger partial charge on any atom is -0.497 e. The SMILES string of the molecule is CCC(Cl)CNCc1ccc(OC)cc1F. The van der Waals surface area contributed by atoms with Crippen LogP contribution in [-0.2, 0) is 6.54 Å². The average Bonchev–Trinajstić information content (AvgIpc) is 2.30. The van der Waals surface area contributed by atoms with Crippen molar-refractivity contribution in [2.45, 2.75) is 25.3 Å². The van der Waals surface area contributed by atoms with Gasteiger partial charge in [0.25, 0.3) is 0 Å². The van der Waals surface area contributed by atoms with Gasteiger partial charge >= 0.3 is 0 Å². The van der Waals surface area contributed by atoms with Gasteiger partial charge in [-0.2, -0.15) is 0 Å². The smallest absolute Gasteiger partial charge is 0.131 e. The molecule has 4 heteroatoms. The number of ether oxygens (including phenoxy) is 1. The summed E-state index contributed by atoms with van der Waals surface area (Å²) in [6, 6.07) is 4.85. The van der Waals surface area contributed by atoms with Gasteiger partial charge in [0.05, 0.1) is 7.11 Å². The minimum atomic E-state index is -0.255. The maximum Gasteiger partial charge on any atom is 0.131 e. The zero-order valence-corrected chi connectivity index (χ0v) is 10.4. The number of halogens is 2. The Bertz CT molecular complexity index is 333. The van der Waals surface area contributed by atoms with Crippen LogP contribution in [0.3, 0.4) is 0 Å². The van der Waals surface area contributed by atoms with Gasteiger partial charge in [-0.15, -0.1) is 11.6 Å². The Morgan fingerprint density at radius 2 is 2.25 bits per heavy atom. The molecule has 1 N–H and O–H groups in total. The first kappa shape index (κ1) is 13.3. The summed E-state index contributed by atoms with van der Waals surface area (Å²) < 4.78 is 18.4. The molecule has 1 rings (SSSR count). The van der Waals surface area contributed by atoms with Crippen molar-refractivity contribution in [2.75, 3.05) is 13.7 Å². The number of methoxy groups -OCH3 is 1. The standard InChI is InChI=1S/C12H17ClFNO/c1-3-10(13)8-15-7-9-4-5-11(16-2)6-12(9)14/h4-6,10,15H,3,7-8H2,1-2H3. The number of rotatable bonds is 6. The van der Waals surface area contributed by atoms with Crippen LogP contribution in [-0.4, -0.2) is 19.0 Å². The second-order valence-corrected chi connectivity index (χ2v) is 4.21. The molecule has 0 saturated carbocycles. The molecular weight excluding hydrogens is 229 g/mol. The van der Waals surface area contributed by atoms with Gasteiger partial charge in [0.15, 0.2) is 0 Å². The predicted molar refractivity (Wildman–Crippen MR) is 64.6 cm³/mol. The second-order valence-electron chi connectivity index (χ2n) is 3.59. The molecule has 16 heavy (non-hydrogen) atoms. The van der Waals surface area contributed by atoms with Gasteiger partial charge in [-0.1, -0.05) is 13.0 Å². The van der Waals surface area contributed by atoms with Gasteiger partial charge in [0.1, 0.15) is 11.6 Å². The van der Waals surface area contributed by atoms with Crippen molar-refractivity contribution >= 4 is 11.6 Å². The van der Waals surface area contributed by atoms with Gasteiger partial charge in [-0.3, -0.25) is 0 Å². The number of nitrogens with one attached hydrogen (secondary N) is 1. The third kappa shape index (κ3) is 3.99. The number of hydrogen-bond donors (Lipinski definition) is 1. The lowest BCUT2D eigenvalue weighted by Crippen LogP contribution is -2.22. The molecule has 2 nitrogen and oxygen atoms in total. The highest BCUT2D eigenvalue weighted by molar-refractivity contribution is 6.20. The number of hydrogen-bond acceptors (Lipinski definition) is 2. The normalized spacial score (nSPS) is 12.5. The first-order valence-corrected chi connectivity index (χ1v) is 5.78. The van der Waals surface area contributed by atoms with E-state index in [1.165, 1.54) is 13.2 Å². The van der Waals surface area contributed by atoms with E-state index in [2.05, 4.69) is 5.32 Å². The van der Waals surface area contributed by atoms with Crippen molar-refractivity contribution in [3.63, 3.8) is 0 Å². The van der Waals surface area contributed by atoms with E-state index in [1.807, 2.05) is 6.92 Å². The maximum atomic E-state index is 13.5. The molecule has 0 aromatic heterocycles. The van der Waals surface area contributed by atoms with Crippen molar-refractivity contribution in [1.82, 2.24) is 5.32 Å². The Morgan fingerprint density at radius 3 is 2.81 bits per heavy atom. The molecule has 0 aliphatic carbocycles. The fourth-order valence-corrected chi connectivity index (χ4v) is 1.42. The molecule has 1 unspecified atom stereocenters.